The Kier molecular flexibility index (Phi) is 6.02. The van der Waals surface area contributed by atoms with E-state index < -0.39 is 6.10 Å². The smallest absolute Gasteiger partial charge is 0.232 e. The average Bonchev–Trinajstić information content (AvgIpc) is 2.35. The van der Waals surface area contributed by atoms with Crippen molar-refractivity contribution >= 4 is 17.7 Å². The maximum Gasteiger partial charge on any atom is 0.232 e. The number of benzene rings is 1. The van der Waals surface area contributed by atoms with Crippen LogP contribution in [0.15, 0.2) is 24.3 Å². The minimum atomic E-state index is -0.802. The molecule has 1 N–H and O–H groups in total. The molecule has 0 bridgehead atoms. The Balaban J connectivity index is 2.50. The zero-order valence-corrected chi connectivity index (χ0v) is 13.2. The highest BCUT2D eigenvalue weighted by atomic mass is 32.2. The summed E-state index contributed by atoms with van der Waals surface area (Å²) >= 11 is 1.57. The first-order chi connectivity index (χ1) is 9.19. The Morgan fingerprint density at radius 3 is 2.40 bits per heavy atom. The number of carbonyl (C=O) groups is 1. The van der Waals surface area contributed by atoms with Crippen molar-refractivity contribution in [3.63, 3.8) is 0 Å². The van der Waals surface area contributed by atoms with Crippen LogP contribution in [0.3, 0.4) is 0 Å². The van der Waals surface area contributed by atoms with Crippen molar-refractivity contribution in [2.75, 3.05) is 19.3 Å². The van der Waals surface area contributed by atoms with Gasteiger partial charge in [-0.15, -0.1) is 11.8 Å². The van der Waals surface area contributed by atoms with Crippen molar-refractivity contribution in [3.05, 3.63) is 35.6 Å². The largest absolute Gasteiger partial charge is 0.387 e. The predicted molar refractivity (Wildman–Crippen MR) is 81.2 cm³/mol. The molecule has 112 valence electrons. The summed E-state index contributed by atoms with van der Waals surface area (Å²) in [6.07, 6.45) is -0.802. The molecule has 0 fully saturated rings. The van der Waals surface area contributed by atoms with Crippen LogP contribution in [-0.2, 0) is 4.79 Å². The summed E-state index contributed by atoms with van der Waals surface area (Å²) in [6.45, 7) is 6.37. The second-order valence-electron chi connectivity index (χ2n) is 5.74. The van der Waals surface area contributed by atoms with Gasteiger partial charge in [-0.3, -0.25) is 4.79 Å². The first kappa shape index (κ1) is 17.0. The van der Waals surface area contributed by atoms with E-state index >= 15 is 0 Å². The quantitative estimate of drug-likeness (QED) is 0.909. The van der Waals surface area contributed by atoms with E-state index in [-0.39, 0.29) is 23.0 Å². The lowest BCUT2D eigenvalue weighted by molar-refractivity contribution is -0.128. The lowest BCUT2D eigenvalue weighted by atomic mass is 10.1. The molecule has 0 radical (unpaired) electrons. The van der Waals surface area contributed by atoms with E-state index in [9.17, 15) is 14.3 Å². The van der Waals surface area contributed by atoms with Gasteiger partial charge in [0.25, 0.3) is 0 Å². The molecule has 1 aromatic rings. The first-order valence-corrected chi connectivity index (χ1v) is 7.49. The fourth-order valence-corrected chi connectivity index (χ4v) is 2.32. The molecule has 20 heavy (non-hydrogen) atoms. The molecule has 1 rings (SSSR count). The number of thioether (sulfide) groups is 1. The number of hydrogen-bond donors (Lipinski definition) is 1. The number of likely N-dealkylation sites (N-methyl/N-ethyl adjacent to an activating group) is 1. The van der Waals surface area contributed by atoms with Gasteiger partial charge in [-0.05, 0) is 17.7 Å². The summed E-state index contributed by atoms with van der Waals surface area (Å²) in [5.74, 6) is 0.0221. The van der Waals surface area contributed by atoms with Crippen LogP contribution in [0.1, 0.15) is 32.4 Å². The fraction of sp³-hybridized carbons (Fsp3) is 0.533. The molecule has 0 aliphatic heterocycles. The summed E-state index contributed by atoms with van der Waals surface area (Å²) in [5, 5.41) is 10.0. The van der Waals surface area contributed by atoms with Gasteiger partial charge < -0.3 is 10.0 Å². The maximum atomic E-state index is 12.8. The highest BCUT2D eigenvalue weighted by Gasteiger charge is 2.18. The summed E-state index contributed by atoms with van der Waals surface area (Å²) in [4.78, 5) is 13.5. The van der Waals surface area contributed by atoms with Crippen molar-refractivity contribution in [2.24, 2.45) is 0 Å². The van der Waals surface area contributed by atoms with Crippen LogP contribution >= 0.6 is 11.8 Å². The van der Waals surface area contributed by atoms with Gasteiger partial charge in [-0.1, -0.05) is 32.9 Å². The van der Waals surface area contributed by atoms with Crippen LogP contribution < -0.4 is 0 Å². The van der Waals surface area contributed by atoms with Gasteiger partial charge >= 0.3 is 0 Å². The molecule has 0 saturated carbocycles. The van der Waals surface area contributed by atoms with E-state index in [1.165, 1.54) is 29.2 Å². The number of carbonyl (C=O) groups excluding carboxylic acids is 1. The van der Waals surface area contributed by atoms with Crippen LogP contribution in [-0.4, -0.2) is 40.0 Å². The van der Waals surface area contributed by atoms with E-state index in [1.54, 1.807) is 18.8 Å². The number of rotatable bonds is 5. The Labute approximate surface area is 124 Å². The number of aliphatic hydroxyl groups is 1. The molecule has 0 heterocycles. The topological polar surface area (TPSA) is 40.5 Å². The van der Waals surface area contributed by atoms with Gasteiger partial charge in [0.2, 0.25) is 5.91 Å². The second-order valence-corrected chi connectivity index (χ2v) is 7.54. The van der Waals surface area contributed by atoms with Crippen LogP contribution in [0.4, 0.5) is 4.39 Å². The van der Waals surface area contributed by atoms with Gasteiger partial charge in [0.15, 0.2) is 0 Å². The van der Waals surface area contributed by atoms with Gasteiger partial charge in [-0.2, -0.15) is 0 Å². The summed E-state index contributed by atoms with van der Waals surface area (Å²) in [7, 11) is 1.66. The Morgan fingerprint density at radius 2 is 1.90 bits per heavy atom. The van der Waals surface area contributed by atoms with Crippen LogP contribution in [0.2, 0.25) is 0 Å². The predicted octanol–water partition coefficient (Wildman–Crippen LogP) is 2.85. The van der Waals surface area contributed by atoms with E-state index in [0.29, 0.717) is 11.3 Å². The molecule has 5 heteroatoms. The molecule has 0 aliphatic rings. The number of hydrogen-bond acceptors (Lipinski definition) is 3. The number of halogens is 1. The van der Waals surface area contributed by atoms with Gasteiger partial charge in [0.05, 0.1) is 18.4 Å². The van der Waals surface area contributed by atoms with Gasteiger partial charge in [0.1, 0.15) is 5.82 Å². The molecule has 1 atom stereocenters. The number of nitrogens with zero attached hydrogens (tertiary/aromatic N) is 1. The highest BCUT2D eigenvalue weighted by molar-refractivity contribution is 8.01. The maximum absolute atomic E-state index is 12.8. The third kappa shape index (κ3) is 5.92. The zero-order chi connectivity index (χ0) is 15.3. The summed E-state index contributed by atoms with van der Waals surface area (Å²) in [5.41, 5.74) is 0.606. The Hall–Kier alpha value is -1.07. The zero-order valence-electron chi connectivity index (χ0n) is 12.4. The third-order valence-corrected chi connectivity index (χ3v) is 4.01. The van der Waals surface area contributed by atoms with Crippen LogP contribution in [0.5, 0.6) is 0 Å². The van der Waals surface area contributed by atoms with E-state index in [1.807, 2.05) is 0 Å². The minimum absolute atomic E-state index is 0.0221. The molecule has 1 aromatic carbocycles. The molecule has 3 nitrogen and oxygen atoms in total. The molecule has 0 aromatic heterocycles. The molecular weight excluding hydrogens is 277 g/mol. The molecule has 0 aliphatic carbocycles. The Morgan fingerprint density at radius 1 is 1.35 bits per heavy atom. The van der Waals surface area contributed by atoms with Crippen LogP contribution in [0, 0.1) is 5.82 Å². The van der Waals surface area contributed by atoms with Crippen molar-refractivity contribution < 1.29 is 14.3 Å². The average molecular weight is 299 g/mol. The van der Waals surface area contributed by atoms with E-state index in [4.69, 9.17) is 0 Å². The summed E-state index contributed by atoms with van der Waals surface area (Å²) < 4.78 is 12.8. The SMILES string of the molecule is CN(CC(O)c1ccc(F)cc1)C(=O)CSC(C)(C)C. The lowest BCUT2D eigenvalue weighted by Gasteiger charge is -2.23. The van der Waals surface area contributed by atoms with Crippen LogP contribution in [0.25, 0.3) is 0 Å². The molecule has 0 spiro atoms. The lowest BCUT2D eigenvalue weighted by Crippen LogP contribution is -2.33. The van der Waals surface area contributed by atoms with E-state index in [0.717, 1.165) is 0 Å². The van der Waals surface area contributed by atoms with Gasteiger partial charge in [0, 0.05) is 11.8 Å². The van der Waals surface area contributed by atoms with Crippen molar-refractivity contribution in [1.82, 2.24) is 4.90 Å². The van der Waals surface area contributed by atoms with Crippen molar-refractivity contribution in [1.29, 1.82) is 0 Å². The normalized spacial score (nSPS) is 13.1. The second kappa shape index (κ2) is 7.09. The first-order valence-electron chi connectivity index (χ1n) is 6.50. The summed E-state index contributed by atoms with van der Waals surface area (Å²) in [6, 6.07) is 5.66. The molecule has 0 saturated heterocycles. The highest BCUT2D eigenvalue weighted by Crippen LogP contribution is 2.23. The fourth-order valence-electron chi connectivity index (χ4n) is 1.54. The van der Waals surface area contributed by atoms with Gasteiger partial charge in [-0.25, -0.2) is 4.39 Å². The van der Waals surface area contributed by atoms with Crippen molar-refractivity contribution in [2.45, 2.75) is 31.6 Å². The van der Waals surface area contributed by atoms with Crippen molar-refractivity contribution in [3.8, 4) is 0 Å². The third-order valence-electron chi connectivity index (χ3n) is 2.76. The monoisotopic (exact) mass is 299 g/mol. The minimum Gasteiger partial charge on any atom is -0.387 e. The standard InChI is InChI=1S/C15H22FNO2S/c1-15(2,3)20-10-14(19)17(4)9-13(18)11-5-7-12(16)8-6-11/h5-8,13,18H,9-10H2,1-4H3. The Bertz CT molecular complexity index is 442. The number of amides is 1. The molecule has 1 amide bonds. The molecule has 1 unspecified atom stereocenters. The molecular formula is C15H22FNO2S. The number of aliphatic hydroxyl groups excluding tert-OH is 1. The van der Waals surface area contributed by atoms with E-state index in [2.05, 4.69) is 20.8 Å².